The van der Waals surface area contributed by atoms with Gasteiger partial charge in [-0.05, 0) is 48.6 Å². The molecule has 5 rings (SSSR count). The van der Waals surface area contributed by atoms with Crippen molar-refractivity contribution in [3.05, 3.63) is 47.8 Å². The standard InChI is InChI=1S/C17H19N7.C4H6O/c1-11(2)12-4-6-14-15(8-12)23(22-20-14)9-13-5-7-17-19-16(18-3)10-24(17)21-13;5-3-4-1-2-4/h4-8,10-11,18H,9H2,1-3H3;3-4H,1-2H2. The molecule has 1 N–H and O–H groups in total. The number of benzene rings is 1. The molecular weight excluding hydrogens is 366 g/mol. The van der Waals surface area contributed by atoms with E-state index in [-0.39, 0.29) is 0 Å². The molecule has 150 valence electrons. The highest BCUT2D eigenvalue weighted by molar-refractivity contribution is 5.75. The number of nitrogens with zero attached hydrogens (tertiary/aromatic N) is 6. The highest BCUT2D eigenvalue weighted by Crippen LogP contribution is 2.25. The highest BCUT2D eigenvalue weighted by atomic mass is 16.1. The maximum atomic E-state index is 9.57. The highest BCUT2D eigenvalue weighted by Gasteiger charge is 2.19. The number of anilines is 1. The number of imidazole rings is 1. The van der Waals surface area contributed by atoms with Gasteiger partial charge in [0.25, 0.3) is 0 Å². The molecule has 8 nitrogen and oxygen atoms in total. The Hall–Kier alpha value is -3.29. The fraction of sp³-hybridized carbons (Fsp3) is 0.381. The third-order valence-electron chi connectivity index (χ3n) is 4.96. The number of carbonyl (C=O) groups excluding carboxylic acids is 1. The number of aromatic nitrogens is 6. The second kappa shape index (κ2) is 7.98. The van der Waals surface area contributed by atoms with Gasteiger partial charge in [-0.25, -0.2) is 14.2 Å². The van der Waals surface area contributed by atoms with Crippen molar-refractivity contribution in [2.75, 3.05) is 12.4 Å². The number of hydrogen-bond donors (Lipinski definition) is 1. The van der Waals surface area contributed by atoms with E-state index in [4.69, 9.17) is 0 Å². The molecule has 0 unspecified atom stereocenters. The Bertz CT molecular complexity index is 1140. The summed E-state index contributed by atoms with van der Waals surface area (Å²) in [5.41, 5.74) is 4.94. The summed E-state index contributed by atoms with van der Waals surface area (Å²) in [6.07, 6.45) is 5.18. The van der Waals surface area contributed by atoms with Gasteiger partial charge in [0.05, 0.1) is 24.0 Å². The van der Waals surface area contributed by atoms with Crippen molar-refractivity contribution in [1.29, 1.82) is 0 Å². The zero-order valence-corrected chi connectivity index (χ0v) is 16.9. The summed E-state index contributed by atoms with van der Waals surface area (Å²) in [6, 6.07) is 10.2. The number of fused-ring (bicyclic) bond motifs is 2. The van der Waals surface area contributed by atoms with Gasteiger partial charge in [0.1, 0.15) is 17.6 Å². The van der Waals surface area contributed by atoms with Crippen molar-refractivity contribution in [2.45, 2.75) is 39.2 Å². The molecule has 0 spiro atoms. The fourth-order valence-electron chi connectivity index (χ4n) is 2.97. The molecule has 0 radical (unpaired) electrons. The van der Waals surface area contributed by atoms with Crippen molar-refractivity contribution in [3.63, 3.8) is 0 Å². The number of aldehydes is 1. The normalized spacial score (nSPS) is 13.5. The van der Waals surface area contributed by atoms with Crippen molar-refractivity contribution in [2.24, 2.45) is 5.92 Å². The van der Waals surface area contributed by atoms with Gasteiger partial charge in [-0.1, -0.05) is 25.1 Å². The van der Waals surface area contributed by atoms with Crippen molar-refractivity contribution in [1.82, 2.24) is 29.6 Å². The SMILES string of the molecule is CNc1cn2nc(Cn3nnc4ccc(C(C)C)cc43)ccc2n1.O=CC1CC1. The first-order valence-electron chi connectivity index (χ1n) is 9.89. The van der Waals surface area contributed by atoms with Crippen LogP contribution in [-0.2, 0) is 11.3 Å². The average molecular weight is 391 g/mol. The Balaban J connectivity index is 0.000000359. The smallest absolute Gasteiger partial charge is 0.156 e. The third kappa shape index (κ3) is 4.26. The lowest BCUT2D eigenvalue weighted by Gasteiger charge is -2.06. The van der Waals surface area contributed by atoms with E-state index in [1.54, 1.807) is 4.52 Å². The predicted octanol–water partition coefficient (Wildman–Crippen LogP) is 3.28. The zero-order chi connectivity index (χ0) is 20.4. The molecule has 0 atom stereocenters. The van der Waals surface area contributed by atoms with Crippen LogP contribution in [0.25, 0.3) is 16.7 Å². The van der Waals surface area contributed by atoms with Gasteiger partial charge in [0, 0.05) is 13.0 Å². The molecule has 1 fully saturated rings. The first-order chi connectivity index (χ1) is 14.1. The summed E-state index contributed by atoms with van der Waals surface area (Å²) < 4.78 is 3.67. The second-order valence-corrected chi connectivity index (χ2v) is 7.63. The molecule has 0 bridgehead atoms. The summed E-state index contributed by atoms with van der Waals surface area (Å²) in [5.74, 6) is 1.72. The van der Waals surface area contributed by atoms with Crippen molar-refractivity contribution < 1.29 is 4.79 Å². The van der Waals surface area contributed by atoms with E-state index in [9.17, 15) is 4.79 Å². The summed E-state index contributed by atoms with van der Waals surface area (Å²) in [7, 11) is 1.84. The first kappa shape index (κ1) is 19.0. The second-order valence-electron chi connectivity index (χ2n) is 7.63. The Morgan fingerprint density at radius 3 is 2.72 bits per heavy atom. The summed E-state index contributed by atoms with van der Waals surface area (Å²) in [4.78, 5) is 14.0. The van der Waals surface area contributed by atoms with Crippen LogP contribution >= 0.6 is 0 Å². The molecular formula is C21H25N7O. The minimum absolute atomic E-state index is 0.454. The first-order valence-corrected chi connectivity index (χ1v) is 9.89. The molecule has 1 aliphatic carbocycles. The van der Waals surface area contributed by atoms with Gasteiger partial charge >= 0.3 is 0 Å². The molecule has 3 aromatic heterocycles. The third-order valence-corrected chi connectivity index (χ3v) is 4.96. The van der Waals surface area contributed by atoms with Crippen LogP contribution in [-0.4, -0.2) is 42.9 Å². The minimum atomic E-state index is 0.454. The zero-order valence-electron chi connectivity index (χ0n) is 16.9. The quantitative estimate of drug-likeness (QED) is 0.525. The van der Waals surface area contributed by atoms with Gasteiger partial charge < -0.3 is 10.1 Å². The molecule has 0 aliphatic heterocycles. The molecule has 1 aromatic carbocycles. The van der Waals surface area contributed by atoms with E-state index in [2.05, 4.69) is 51.7 Å². The Morgan fingerprint density at radius 2 is 2.07 bits per heavy atom. The Morgan fingerprint density at radius 1 is 1.24 bits per heavy atom. The van der Waals surface area contributed by atoms with E-state index >= 15 is 0 Å². The summed E-state index contributed by atoms with van der Waals surface area (Å²) in [6.45, 7) is 4.94. The summed E-state index contributed by atoms with van der Waals surface area (Å²) >= 11 is 0. The summed E-state index contributed by atoms with van der Waals surface area (Å²) in [5, 5.41) is 16.2. The Kier molecular flexibility index (Phi) is 5.24. The van der Waals surface area contributed by atoms with E-state index in [1.165, 1.54) is 5.56 Å². The molecule has 4 aromatic rings. The van der Waals surface area contributed by atoms with Gasteiger partial charge in [-0.2, -0.15) is 5.10 Å². The maximum Gasteiger partial charge on any atom is 0.156 e. The lowest BCUT2D eigenvalue weighted by Crippen LogP contribution is -2.06. The van der Waals surface area contributed by atoms with E-state index in [0.29, 0.717) is 18.4 Å². The minimum Gasteiger partial charge on any atom is -0.372 e. The van der Waals surface area contributed by atoms with Crippen LogP contribution in [0.5, 0.6) is 0 Å². The molecule has 8 heteroatoms. The van der Waals surface area contributed by atoms with Crippen LogP contribution in [0.4, 0.5) is 5.82 Å². The number of hydrogen-bond acceptors (Lipinski definition) is 6. The number of nitrogens with one attached hydrogen (secondary N) is 1. The van der Waals surface area contributed by atoms with Gasteiger partial charge in [0.15, 0.2) is 5.65 Å². The van der Waals surface area contributed by atoms with Crippen LogP contribution in [0, 0.1) is 5.92 Å². The van der Waals surface area contributed by atoms with Crippen LogP contribution in [0.2, 0.25) is 0 Å². The van der Waals surface area contributed by atoms with Gasteiger partial charge in [-0.15, -0.1) is 5.10 Å². The van der Waals surface area contributed by atoms with Crippen LogP contribution in [0.15, 0.2) is 36.5 Å². The predicted molar refractivity (Wildman–Crippen MR) is 112 cm³/mol. The van der Waals surface area contributed by atoms with Crippen molar-refractivity contribution >= 4 is 28.8 Å². The monoisotopic (exact) mass is 391 g/mol. The van der Waals surface area contributed by atoms with E-state index < -0.39 is 0 Å². The van der Waals surface area contributed by atoms with Crippen LogP contribution in [0.3, 0.4) is 0 Å². The largest absolute Gasteiger partial charge is 0.372 e. The van der Waals surface area contributed by atoms with E-state index in [0.717, 1.165) is 47.3 Å². The lowest BCUT2D eigenvalue weighted by molar-refractivity contribution is -0.108. The van der Waals surface area contributed by atoms with Crippen LogP contribution < -0.4 is 5.32 Å². The number of carbonyl (C=O) groups is 1. The lowest BCUT2D eigenvalue weighted by atomic mass is 10.0. The van der Waals surface area contributed by atoms with Gasteiger partial charge in [-0.3, -0.25) is 0 Å². The fourth-order valence-corrected chi connectivity index (χ4v) is 2.97. The molecule has 3 heterocycles. The molecule has 0 saturated heterocycles. The number of rotatable bonds is 5. The average Bonchev–Trinajstić information content (AvgIpc) is 3.37. The Labute approximate surface area is 168 Å². The van der Waals surface area contributed by atoms with Crippen molar-refractivity contribution in [3.8, 4) is 0 Å². The molecule has 1 aliphatic rings. The van der Waals surface area contributed by atoms with Gasteiger partial charge in [0.2, 0.25) is 0 Å². The molecule has 29 heavy (non-hydrogen) atoms. The molecule has 0 amide bonds. The van der Waals surface area contributed by atoms with E-state index in [1.807, 2.05) is 36.1 Å². The molecule has 1 saturated carbocycles. The van der Waals surface area contributed by atoms with Crippen LogP contribution in [0.1, 0.15) is 43.9 Å². The maximum absolute atomic E-state index is 9.57. The topological polar surface area (TPSA) is 90.0 Å².